The molecule has 0 heterocycles. The van der Waals surface area contributed by atoms with Crippen LogP contribution < -0.4 is 14.8 Å². The minimum Gasteiger partial charge on any atom is -0.490 e. The maximum absolute atomic E-state index is 13.2. The van der Waals surface area contributed by atoms with Crippen molar-refractivity contribution in [2.45, 2.75) is 45.6 Å². The molecule has 0 aliphatic rings. The van der Waals surface area contributed by atoms with E-state index in [1.54, 1.807) is 4.90 Å². The fourth-order valence-corrected chi connectivity index (χ4v) is 3.53. The number of nitrogens with zero attached hydrogens (tertiary/aromatic N) is 2. The van der Waals surface area contributed by atoms with Gasteiger partial charge in [-0.15, -0.1) is 0 Å². The Kier molecular flexibility index (Phi) is 10.8. The third-order valence-corrected chi connectivity index (χ3v) is 5.41. The average molecular weight is 472 g/mol. The number of ether oxygens (including phenoxy) is 2. The number of unbranched alkanes of at least 4 members (excludes halogenated alkanes) is 1. The first-order valence-electron chi connectivity index (χ1n) is 11.5. The van der Waals surface area contributed by atoms with Gasteiger partial charge in [0.1, 0.15) is 11.8 Å². The van der Waals surface area contributed by atoms with Gasteiger partial charge in [-0.25, -0.2) is 0 Å². The summed E-state index contributed by atoms with van der Waals surface area (Å²) in [5.74, 6) is -0.225. The Balaban J connectivity index is 2.15. The average Bonchev–Trinajstić information content (AvgIpc) is 2.85. The van der Waals surface area contributed by atoms with Crippen molar-refractivity contribution in [1.82, 2.24) is 10.2 Å². The van der Waals surface area contributed by atoms with Crippen LogP contribution in [0.15, 0.2) is 48.5 Å². The van der Waals surface area contributed by atoms with Gasteiger partial charge in [0, 0.05) is 25.2 Å². The molecule has 1 atom stereocenters. The van der Waals surface area contributed by atoms with Crippen molar-refractivity contribution in [3.63, 3.8) is 0 Å². The Labute approximate surface area is 200 Å². The van der Waals surface area contributed by atoms with Gasteiger partial charge < -0.3 is 19.7 Å². The number of hydrogen-bond donors (Lipinski definition) is 1. The van der Waals surface area contributed by atoms with Crippen LogP contribution in [-0.2, 0) is 16.0 Å². The summed E-state index contributed by atoms with van der Waals surface area (Å²) in [6, 6.07) is 13.2. The largest absolute Gasteiger partial charge is 0.490 e. The van der Waals surface area contributed by atoms with E-state index >= 15 is 0 Å². The Bertz CT molecular complexity index is 951. The maximum Gasteiger partial charge on any atom is 0.311 e. The second-order valence-electron chi connectivity index (χ2n) is 7.77. The van der Waals surface area contributed by atoms with Crippen molar-refractivity contribution in [2.75, 3.05) is 26.8 Å². The summed E-state index contributed by atoms with van der Waals surface area (Å²) >= 11 is 0. The number of methoxy groups -OCH3 is 1. The molecule has 184 valence electrons. The zero-order valence-electron chi connectivity index (χ0n) is 20.0. The molecule has 34 heavy (non-hydrogen) atoms. The smallest absolute Gasteiger partial charge is 0.311 e. The molecule has 2 amide bonds. The quantitative estimate of drug-likeness (QED) is 0.255. The molecule has 9 nitrogen and oxygen atoms in total. The number of nitrogens with one attached hydrogen (secondary N) is 1. The summed E-state index contributed by atoms with van der Waals surface area (Å²) in [4.78, 5) is 38.1. The molecule has 9 heteroatoms. The summed E-state index contributed by atoms with van der Waals surface area (Å²) in [5.41, 5.74) is 0.864. The third-order valence-electron chi connectivity index (χ3n) is 5.41. The summed E-state index contributed by atoms with van der Waals surface area (Å²) < 4.78 is 10.7. The first-order chi connectivity index (χ1) is 16.4. The van der Waals surface area contributed by atoms with Gasteiger partial charge in [-0.1, -0.05) is 50.6 Å². The van der Waals surface area contributed by atoms with Crippen LogP contribution in [-0.4, -0.2) is 54.5 Å². The minimum atomic E-state index is -0.622. The minimum absolute atomic E-state index is 0.0395. The molecule has 0 aliphatic carbocycles. The van der Waals surface area contributed by atoms with Crippen LogP contribution in [0.25, 0.3) is 0 Å². The highest BCUT2D eigenvalue weighted by atomic mass is 16.6. The standard InChI is InChI=1S/C25H33N3O6/c1-4-6-15-26-25(30)21(5-2)27(16-14-19-10-8-7-9-11-19)24(29)18-34-20-12-13-22(28(31)32)23(17-20)33-3/h7-13,17,21H,4-6,14-16,18H2,1-3H3,(H,26,30). The SMILES string of the molecule is CCCCNC(=O)C(CC)N(CCc1ccccc1)C(=O)COc1ccc([N+](=O)[O-])c(OC)c1. The van der Waals surface area contributed by atoms with Gasteiger partial charge in [0.15, 0.2) is 6.61 Å². The molecule has 1 N–H and O–H groups in total. The first-order valence-corrected chi connectivity index (χ1v) is 11.5. The molecule has 0 spiro atoms. The second-order valence-corrected chi connectivity index (χ2v) is 7.77. The number of amides is 2. The Morgan fingerprint density at radius 1 is 1.15 bits per heavy atom. The summed E-state index contributed by atoms with van der Waals surface area (Å²) in [5, 5.41) is 14.0. The van der Waals surface area contributed by atoms with Crippen molar-refractivity contribution >= 4 is 17.5 Å². The predicted octanol–water partition coefficient (Wildman–Crippen LogP) is 3.75. The number of nitro groups is 1. The van der Waals surface area contributed by atoms with Gasteiger partial charge in [-0.3, -0.25) is 19.7 Å². The Morgan fingerprint density at radius 3 is 2.50 bits per heavy atom. The lowest BCUT2D eigenvalue weighted by atomic mass is 10.1. The summed E-state index contributed by atoms with van der Waals surface area (Å²) in [7, 11) is 1.32. The van der Waals surface area contributed by atoms with Crippen molar-refractivity contribution in [1.29, 1.82) is 0 Å². The van der Waals surface area contributed by atoms with E-state index < -0.39 is 11.0 Å². The highest BCUT2D eigenvalue weighted by Crippen LogP contribution is 2.30. The van der Waals surface area contributed by atoms with Crippen LogP contribution in [0.1, 0.15) is 38.7 Å². The van der Waals surface area contributed by atoms with Crippen molar-refractivity contribution in [3.05, 3.63) is 64.2 Å². The highest BCUT2D eigenvalue weighted by molar-refractivity contribution is 5.88. The predicted molar refractivity (Wildman–Crippen MR) is 129 cm³/mol. The van der Waals surface area contributed by atoms with E-state index in [9.17, 15) is 19.7 Å². The molecule has 0 fully saturated rings. The molecule has 0 radical (unpaired) electrons. The van der Waals surface area contributed by atoms with Gasteiger partial charge >= 0.3 is 5.69 Å². The van der Waals surface area contributed by atoms with Gasteiger partial charge in [0.25, 0.3) is 5.91 Å². The van der Waals surface area contributed by atoms with E-state index in [4.69, 9.17) is 9.47 Å². The monoisotopic (exact) mass is 471 g/mol. The lowest BCUT2D eigenvalue weighted by molar-refractivity contribution is -0.385. The number of nitro benzene ring substituents is 1. The van der Waals surface area contributed by atoms with E-state index in [2.05, 4.69) is 5.32 Å². The Hall–Kier alpha value is -3.62. The molecular weight excluding hydrogens is 438 g/mol. The number of hydrogen-bond acceptors (Lipinski definition) is 6. The lowest BCUT2D eigenvalue weighted by Crippen LogP contribution is -2.51. The van der Waals surface area contributed by atoms with Crippen LogP contribution in [0.5, 0.6) is 11.5 Å². The van der Waals surface area contributed by atoms with Crippen LogP contribution in [0, 0.1) is 10.1 Å². The number of benzene rings is 2. The molecule has 0 aliphatic heterocycles. The molecule has 0 saturated heterocycles. The summed E-state index contributed by atoms with van der Waals surface area (Å²) in [6.45, 7) is 4.52. The topological polar surface area (TPSA) is 111 Å². The van der Waals surface area contributed by atoms with E-state index in [0.29, 0.717) is 25.9 Å². The fourth-order valence-electron chi connectivity index (χ4n) is 3.53. The van der Waals surface area contributed by atoms with Crippen molar-refractivity contribution in [2.24, 2.45) is 0 Å². The highest BCUT2D eigenvalue weighted by Gasteiger charge is 2.28. The number of carbonyl (C=O) groups is 2. The van der Waals surface area contributed by atoms with Crippen LogP contribution >= 0.6 is 0 Å². The molecule has 2 rings (SSSR count). The normalized spacial score (nSPS) is 11.4. The number of carbonyl (C=O) groups excluding carboxylic acids is 2. The van der Waals surface area contributed by atoms with E-state index in [1.165, 1.54) is 25.3 Å². The van der Waals surface area contributed by atoms with Crippen molar-refractivity contribution < 1.29 is 24.0 Å². The molecule has 2 aromatic rings. The first kappa shape index (κ1) is 26.6. The molecular formula is C25H33N3O6. The maximum atomic E-state index is 13.2. The van der Waals surface area contributed by atoms with E-state index in [-0.39, 0.29) is 35.6 Å². The zero-order valence-corrected chi connectivity index (χ0v) is 20.0. The molecule has 0 aromatic heterocycles. The Morgan fingerprint density at radius 2 is 1.88 bits per heavy atom. The van der Waals surface area contributed by atoms with Gasteiger partial charge in [0.05, 0.1) is 12.0 Å². The molecule has 0 saturated carbocycles. The molecule has 1 unspecified atom stereocenters. The van der Waals surface area contributed by atoms with E-state index in [1.807, 2.05) is 44.2 Å². The summed E-state index contributed by atoms with van der Waals surface area (Å²) in [6.07, 6.45) is 2.88. The van der Waals surface area contributed by atoms with Crippen molar-refractivity contribution in [3.8, 4) is 11.5 Å². The molecule has 2 aromatic carbocycles. The van der Waals surface area contributed by atoms with Gasteiger partial charge in [-0.2, -0.15) is 0 Å². The van der Waals surface area contributed by atoms with Crippen LogP contribution in [0.2, 0.25) is 0 Å². The fraction of sp³-hybridized carbons (Fsp3) is 0.440. The van der Waals surface area contributed by atoms with Crippen LogP contribution in [0.4, 0.5) is 5.69 Å². The lowest BCUT2D eigenvalue weighted by Gasteiger charge is -2.30. The van der Waals surface area contributed by atoms with Gasteiger partial charge in [-0.05, 0) is 30.9 Å². The molecule has 0 bridgehead atoms. The van der Waals surface area contributed by atoms with Crippen LogP contribution in [0.3, 0.4) is 0 Å². The number of rotatable bonds is 14. The van der Waals surface area contributed by atoms with Gasteiger partial charge in [0.2, 0.25) is 11.7 Å². The van der Waals surface area contributed by atoms with E-state index in [0.717, 1.165) is 18.4 Å². The third kappa shape index (κ3) is 7.75. The second kappa shape index (κ2) is 13.8. The zero-order chi connectivity index (χ0) is 24.9.